The number of carbonyl (C=O) groups is 1. The zero-order chi connectivity index (χ0) is 13.1. The van der Waals surface area contributed by atoms with E-state index in [2.05, 4.69) is 10.6 Å². The third-order valence-corrected chi connectivity index (χ3v) is 4.63. The van der Waals surface area contributed by atoms with Crippen molar-refractivity contribution in [2.75, 3.05) is 26.4 Å². The molecule has 1 spiro atoms. The molecule has 0 aromatic carbocycles. The molecule has 3 aliphatic heterocycles. The molecule has 3 aliphatic rings. The first-order valence-corrected chi connectivity index (χ1v) is 7.50. The van der Waals surface area contributed by atoms with Gasteiger partial charge in [-0.15, -0.1) is 0 Å². The van der Waals surface area contributed by atoms with Crippen LogP contribution in [-0.2, 0) is 14.3 Å². The lowest BCUT2D eigenvalue weighted by Crippen LogP contribution is -2.55. The second-order valence-electron chi connectivity index (χ2n) is 6.04. The van der Waals surface area contributed by atoms with E-state index in [0.29, 0.717) is 18.5 Å². The van der Waals surface area contributed by atoms with Gasteiger partial charge in [-0.05, 0) is 32.1 Å². The molecule has 2 atom stereocenters. The van der Waals surface area contributed by atoms with E-state index >= 15 is 0 Å². The van der Waals surface area contributed by atoms with Gasteiger partial charge in [0.2, 0.25) is 5.91 Å². The van der Waals surface area contributed by atoms with E-state index in [1.165, 1.54) is 0 Å². The first-order chi connectivity index (χ1) is 9.26. The number of hydrogen-bond acceptors (Lipinski definition) is 4. The van der Waals surface area contributed by atoms with Gasteiger partial charge >= 0.3 is 0 Å². The number of piperidine rings is 1. The summed E-state index contributed by atoms with van der Waals surface area (Å²) in [5.41, 5.74) is 0.0477. The highest BCUT2D eigenvalue weighted by atomic mass is 16.5. The van der Waals surface area contributed by atoms with Crippen LogP contribution < -0.4 is 10.6 Å². The van der Waals surface area contributed by atoms with E-state index in [0.717, 1.165) is 58.5 Å². The van der Waals surface area contributed by atoms with Crippen LogP contribution in [0.25, 0.3) is 0 Å². The zero-order valence-corrected chi connectivity index (χ0v) is 11.5. The number of carbonyl (C=O) groups excluding carboxylic acids is 1. The van der Waals surface area contributed by atoms with Crippen LogP contribution in [0.1, 0.15) is 38.5 Å². The molecule has 19 heavy (non-hydrogen) atoms. The van der Waals surface area contributed by atoms with Gasteiger partial charge in [0, 0.05) is 44.9 Å². The molecule has 0 saturated carbocycles. The standard InChI is InChI=1S/C14H24N2O3/c17-13-2-1-12(10-15-13)16-11-3-6-19-14(9-11)4-7-18-8-5-14/h11-12,16H,1-10H2,(H,15,17). The van der Waals surface area contributed by atoms with Gasteiger partial charge in [0.25, 0.3) is 0 Å². The van der Waals surface area contributed by atoms with Gasteiger partial charge in [0.15, 0.2) is 0 Å². The van der Waals surface area contributed by atoms with Crippen LogP contribution in [-0.4, -0.2) is 50.0 Å². The number of ether oxygens (including phenoxy) is 2. The molecule has 3 rings (SSSR count). The highest BCUT2D eigenvalue weighted by molar-refractivity contribution is 5.76. The largest absolute Gasteiger partial charge is 0.381 e. The molecule has 1 amide bonds. The van der Waals surface area contributed by atoms with E-state index in [4.69, 9.17) is 9.47 Å². The predicted molar refractivity (Wildman–Crippen MR) is 70.9 cm³/mol. The van der Waals surface area contributed by atoms with Gasteiger partial charge in [-0.2, -0.15) is 0 Å². The Labute approximate surface area is 114 Å². The van der Waals surface area contributed by atoms with E-state index < -0.39 is 0 Å². The number of hydrogen-bond donors (Lipinski definition) is 2. The Bertz CT molecular complexity index is 313. The smallest absolute Gasteiger partial charge is 0.220 e. The molecule has 0 aromatic rings. The third kappa shape index (κ3) is 3.27. The van der Waals surface area contributed by atoms with Crippen LogP contribution in [0.3, 0.4) is 0 Å². The fraction of sp³-hybridized carbons (Fsp3) is 0.929. The average molecular weight is 268 g/mol. The van der Waals surface area contributed by atoms with Crippen LogP contribution in [0.5, 0.6) is 0 Å². The molecule has 5 nitrogen and oxygen atoms in total. The van der Waals surface area contributed by atoms with Crippen molar-refractivity contribution in [1.82, 2.24) is 10.6 Å². The van der Waals surface area contributed by atoms with Crippen molar-refractivity contribution in [3.05, 3.63) is 0 Å². The van der Waals surface area contributed by atoms with Crippen molar-refractivity contribution in [3.8, 4) is 0 Å². The van der Waals surface area contributed by atoms with Crippen molar-refractivity contribution in [1.29, 1.82) is 0 Å². The van der Waals surface area contributed by atoms with Gasteiger partial charge in [-0.1, -0.05) is 0 Å². The lowest BCUT2D eigenvalue weighted by molar-refractivity contribution is -0.141. The molecule has 2 unspecified atom stereocenters. The summed E-state index contributed by atoms with van der Waals surface area (Å²) in [5, 5.41) is 6.65. The van der Waals surface area contributed by atoms with Gasteiger partial charge < -0.3 is 20.1 Å². The summed E-state index contributed by atoms with van der Waals surface area (Å²) >= 11 is 0. The van der Waals surface area contributed by atoms with E-state index in [1.807, 2.05) is 0 Å². The van der Waals surface area contributed by atoms with Gasteiger partial charge in [-0.3, -0.25) is 4.79 Å². The minimum absolute atomic E-state index is 0.0477. The second kappa shape index (κ2) is 5.77. The maximum Gasteiger partial charge on any atom is 0.220 e. The number of rotatable bonds is 2. The fourth-order valence-electron chi connectivity index (χ4n) is 3.47. The topological polar surface area (TPSA) is 59.6 Å². The summed E-state index contributed by atoms with van der Waals surface area (Å²) in [6, 6.07) is 0.949. The van der Waals surface area contributed by atoms with Crippen molar-refractivity contribution in [2.45, 2.75) is 56.2 Å². The highest BCUT2D eigenvalue weighted by Crippen LogP contribution is 2.34. The molecule has 0 aliphatic carbocycles. The number of nitrogens with one attached hydrogen (secondary N) is 2. The molecule has 0 bridgehead atoms. The highest BCUT2D eigenvalue weighted by Gasteiger charge is 2.39. The Morgan fingerprint density at radius 3 is 2.74 bits per heavy atom. The van der Waals surface area contributed by atoms with Gasteiger partial charge in [0.05, 0.1) is 5.60 Å². The maximum absolute atomic E-state index is 11.2. The molecule has 0 aromatic heterocycles. The summed E-state index contributed by atoms with van der Waals surface area (Å²) in [6.45, 7) is 3.27. The Hall–Kier alpha value is -0.650. The maximum atomic E-state index is 11.2. The molecular weight excluding hydrogens is 244 g/mol. The molecule has 0 radical (unpaired) electrons. The van der Waals surface area contributed by atoms with E-state index in [9.17, 15) is 4.79 Å². The average Bonchev–Trinajstić information content (AvgIpc) is 2.42. The SMILES string of the molecule is O=C1CCC(NC2CCOC3(CCOCC3)C2)CN1. The van der Waals surface area contributed by atoms with Crippen molar-refractivity contribution < 1.29 is 14.3 Å². The normalized spacial score (nSPS) is 35.1. The summed E-state index contributed by atoms with van der Waals surface area (Å²) in [6.07, 6.45) is 5.81. The Morgan fingerprint density at radius 1 is 1.16 bits per heavy atom. The Kier molecular flexibility index (Phi) is 4.05. The molecule has 3 saturated heterocycles. The van der Waals surface area contributed by atoms with Crippen LogP contribution in [0.2, 0.25) is 0 Å². The van der Waals surface area contributed by atoms with Gasteiger partial charge in [0.1, 0.15) is 0 Å². The summed E-state index contributed by atoms with van der Waals surface area (Å²) in [5.74, 6) is 0.186. The Balaban J connectivity index is 1.52. The lowest BCUT2D eigenvalue weighted by atomic mass is 9.83. The summed E-state index contributed by atoms with van der Waals surface area (Å²) in [7, 11) is 0. The fourth-order valence-corrected chi connectivity index (χ4v) is 3.47. The molecule has 5 heteroatoms. The quantitative estimate of drug-likeness (QED) is 0.769. The Morgan fingerprint density at radius 2 is 2.00 bits per heavy atom. The lowest BCUT2D eigenvalue weighted by Gasteiger charge is -2.44. The van der Waals surface area contributed by atoms with Crippen LogP contribution in [0, 0.1) is 0 Å². The van der Waals surface area contributed by atoms with Crippen LogP contribution >= 0.6 is 0 Å². The molecule has 3 fully saturated rings. The van der Waals surface area contributed by atoms with Crippen LogP contribution in [0.4, 0.5) is 0 Å². The summed E-state index contributed by atoms with van der Waals surface area (Å²) < 4.78 is 11.5. The predicted octanol–water partition coefficient (Wildman–Crippen LogP) is 0.583. The minimum Gasteiger partial charge on any atom is -0.381 e. The van der Waals surface area contributed by atoms with Crippen molar-refractivity contribution in [2.24, 2.45) is 0 Å². The summed E-state index contributed by atoms with van der Waals surface area (Å²) in [4.78, 5) is 11.2. The first-order valence-electron chi connectivity index (χ1n) is 7.50. The third-order valence-electron chi connectivity index (χ3n) is 4.63. The minimum atomic E-state index is 0.0477. The first kappa shape index (κ1) is 13.3. The zero-order valence-electron chi connectivity index (χ0n) is 11.5. The van der Waals surface area contributed by atoms with Crippen LogP contribution in [0.15, 0.2) is 0 Å². The molecular formula is C14H24N2O3. The molecule has 3 heterocycles. The van der Waals surface area contributed by atoms with E-state index in [-0.39, 0.29) is 11.5 Å². The van der Waals surface area contributed by atoms with Crippen molar-refractivity contribution >= 4 is 5.91 Å². The van der Waals surface area contributed by atoms with E-state index in [1.54, 1.807) is 0 Å². The second-order valence-corrected chi connectivity index (χ2v) is 6.04. The molecule has 2 N–H and O–H groups in total. The monoisotopic (exact) mass is 268 g/mol. The molecule has 108 valence electrons. The van der Waals surface area contributed by atoms with Crippen molar-refractivity contribution in [3.63, 3.8) is 0 Å². The number of amides is 1. The van der Waals surface area contributed by atoms with Gasteiger partial charge in [-0.25, -0.2) is 0 Å².